The summed E-state index contributed by atoms with van der Waals surface area (Å²) in [5.74, 6) is -0.325. The van der Waals surface area contributed by atoms with Crippen LogP contribution in [0.25, 0.3) is 0 Å². The number of carbonyl (C=O) groups excluding carboxylic acids is 1. The zero-order chi connectivity index (χ0) is 13.8. The van der Waals surface area contributed by atoms with Crippen LogP contribution in [-0.2, 0) is 17.6 Å². The lowest BCUT2D eigenvalue weighted by atomic mass is 10.00. The van der Waals surface area contributed by atoms with E-state index in [0.29, 0.717) is 12.0 Å². The number of esters is 1. The molecule has 1 aromatic rings. The van der Waals surface area contributed by atoms with Crippen molar-refractivity contribution in [2.45, 2.75) is 46.1 Å². The summed E-state index contributed by atoms with van der Waals surface area (Å²) in [6.07, 6.45) is 1.38. The molecule has 1 aromatic carbocycles. The molecule has 3 heteroatoms. The van der Waals surface area contributed by atoms with E-state index >= 15 is 0 Å². The Morgan fingerprint density at radius 2 is 2.00 bits per heavy atom. The van der Waals surface area contributed by atoms with Crippen molar-refractivity contribution < 1.29 is 14.6 Å². The molecule has 3 nitrogen and oxygen atoms in total. The van der Waals surface area contributed by atoms with Gasteiger partial charge >= 0.3 is 5.97 Å². The molecule has 0 saturated heterocycles. The minimum Gasteiger partial charge on any atom is -0.456 e. The summed E-state index contributed by atoms with van der Waals surface area (Å²) in [5, 5.41) is 9.07. The van der Waals surface area contributed by atoms with Gasteiger partial charge in [0.05, 0.1) is 5.56 Å². The van der Waals surface area contributed by atoms with Gasteiger partial charge in [0.2, 0.25) is 0 Å². The molecule has 1 N–H and O–H groups in total. The molecule has 0 amide bonds. The highest BCUT2D eigenvalue weighted by molar-refractivity contribution is 5.91. The van der Waals surface area contributed by atoms with Gasteiger partial charge in [0, 0.05) is 6.61 Å². The molecule has 0 unspecified atom stereocenters. The second-order valence-corrected chi connectivity index (χ2v) is 5.32. The Morgan fingerprint density at radius 3 is 2.50 bits per heavy atom. The maximum absolute atomic E-state index is 12.1. The van der Waals surface area contributed by atoms with Gasteiger partial charge in [0.1, 0.15) is 5.60 Å². The van der Waals surface area contributed by atoms with Crippen LogP contribution in [0.5, 0.6) is 0 Å². The highest BCUT2D eigenvalue weighted by atomic mass is 16.6. The molecule has 18 heavy (non-hydrogen) atoms. The fourth-order valence-electron chi connectivity index (χ4n) is 1.73. The van der Waals surface area contributed by atoms with Crippen molar-refractivity contribution in [3.05, 3.63) is 34.9 Å². The summed E-state index contributed by atoms with van der Waals surface area (Å²) in [6.45, 7) is 7.62. The molecule has 0 spiro atoms. The fraction of sp³-hybridized carbons (Fsp3) is 0.533. The topological polar surface area (TPSA) is 46.5 Å². The van der Waals surface area contributed by atoms with Crippen molar-refractivity contribution in [1.82, 2.24) is 0 Å². The van der Waals surface area contributed by atoms with E-state index < -0.39 is 5.60 Å². The fourth-order valence-corrected chi connectivity index (χ4v) is 1.73. The molecule has 0 aliphatic heterocycles. The standard InChI is InChI=1S/C15H22O3/c1-5-11-6-7-13(12(10-11)8-9-16)14(17)18-15(2,3)4/h6-7,10,16H,5,8-9H2,1-4H3. The number of aryl methyl sites for hydroxylation is 1. The lowest BCUT2D eigenvalue weighted by molar-refractivity contribution is 0.00682. The largest absolute Gasteiger partial charge is 0.456 e. The van der Waals surface area contributed by atoms with Gasteiger partial charge in [-0.3, -0.25) is 0 Å². The molecule has 1 rings (SSSR count). The first kappa shape index (κ1) is 14.7. The highest BCUT2D eigenvalue weighted by Crippen LogP contribution is 2.18. The van der Waals surface area contributed by atoms with E-state index in [1.807, 2.05) is 32.9 Å². The Kier molecular flexibility index (Phi) is 4.91. The van der Waals surface area contributed by atoms with E-state index in [4.69, 9.17) is 9.84 Å². The first-order chi connectivity index (χ1) is 8.37. The Labute approximate surface area is 109 Å². The SMILES string of the molecule is CCc1ccc(C(=O)OC(C)(C)C)c(CCO)c1. The van der Waals surface area contributed by atoms with Crippen molar-refractivity contribution in [3.63, 3.8) is 0 Å². The van der Waals surface area contributed by atoms with Gasteiger partial charge in [0.15, 0.2) is 0 Å². The minimum absolute atomic E-state index is 0.0307. The number of hydrogen-bond acceptors (Lipinski definition) is 3. The van der Waals surface area contributed by atoms with Crippen LogP contribution in [0.1, 0.15) is 49.2 Å². The molecule has 0 saturated carbocycles. The van der Waals surface area contributed by atoms with Crippen molar-refractivity contribution in [3.8, 4) is 0 Å². The van der Waals surface area contributed by atoms with Crippen molar-refractivity contribution in [2.24, 2.45) is 0 Å². The quantitative estimate of drug-likeness (QED) is 0.836. The van der Waals surface area contributed by atoms with Gasteiger partial charge < -0.3 is 9.84 Å². The molecular weight excluding hydrogens is 228 g/mol. The van der Waals surface area contributed by atoms with Gasteiger partial charge in [-0.15, -0.1) is 0 Å². The molecule has 0 heterocycles. The van der Waals surface area contributed by atoms with E-state index in [2.05, 4.69) is 6.92 Å². The number of benzene rings is 1. The second kappa shape index (κ2) is 6.01. The predicted octanol–water partition coefficient (Wildman–Crippen LogP) is 2.74. The third kappa shape index (κ3) is 4.15. The normalized spacial score (nSPS) is 11.4. The molecule has 0 atom stereocenters. The lowest BCUT2D eigenvalue weighted by Crippen LogP contribution is -2.24. The van der Waals surface area contributed by atoms with Crippen LogP contribution in [0.4, 0.5) is 0 Å². The van der Waals surface area contributed by atoms with Crippen LogP contribution in [0.2, 0.25) is 0 Å². The number of aliphatic hydroxyl groups is 1. The van der Waals surface area contributed by atoms with E-state index in [0.717, 1.165) is 17.5 Å². The van der Waals surface area contributed by atoms with Crippen LogP contribution in [-0.4, -0.2) is 23.3 Å². The number of hydrogen-bond donors (Lipinski definition) is 1. The second-order valence-electron chi connectivity index (χ2n) is 5.32. The Hall–Kier alpha value is -1.35. The summed E-state index contributed by atoms with van der Waals surface area (Å²) in [4.78, 5) is 12.1. The van der Waals surface area contributed by atoms with Crippen molar-refractivity contribution in [2.75, 3.05) is 6.61 Å². The monoisotopic (exact) mass is 250 g/mol. The summed E-state index contributed by atoms with van der Waals surface area (Å²) >= 11 is 0. The van der Waals surface area contributed by atoms with Gasteiger partial charge in [0.25, 0.3) is 0 Å². The molecule has 0 radical (unpaired) electrons. The van der Waals surface area contributed by atoms with Crippen LogP contribution < -0.4 is 0 Å². The Balaban J connectivity index is 3.03. The molecule has 0 bridgehead atoms. The van der Waals surface area contributed by atoms with Crippen LogP contribution in [0.3, 0.4) is 0 Å². The van der Waals surface area contributed by atoms with Gasteiger partial charge in [-0.1, -0.05) is 19.1 Å². The first-order valence-corrected chi connectivity index (χ1v) is 6.33. The average Bonchev–Trinajstić information content (AvgIpc) is 2.27. The maximum atomic E-state index is 12.1. The van der Waals surface area contributed by atoms with E-state index in [1.54, 1.807) is 6.07 Å². The summed E-state index contributed by atoms with van der Waals surface area (Å²) in [7, 11) is 0. The third-order valence-corrected chi connectivity index (χ3v) is 2.58. The molecule has 0 aromatic heterocycles. The summed E-state index contributed by atoms with van der Waals surface area (Å²) in [5.41, 5.74) is 2.06. The molecule has 0 fully saturated rings. The van der Waals surface area contributed by atoms with E-state index in [-0.39, 0.29) is 12.6 Å². The summed E-state index contributed by atoms with van der Waals surface area (Å²) in [6, 6.07) is 5.69. The Bertz CT molecular complexity index is 416. The zero-order valence-corrected chi connectivity index (χ0v) is 11.6. The zero-order valence-electron chi connectivity index (χ0n) is 11.6. The Morgan fingerprint density at radius 1 is 1.33 bits per heavy atom. The summed E-state index contributed by atoms with van der Waals surface area (Å²) < 4.78 is 5.36. The van der Waals surface area contributed by atoms with E-state index in [1.165, 1.54) is 0 Å². The van der Waals surface area contributed by atoms with E-state index in [9.17, 15) is 4.79 Å². The molecular formula is C15H22O3. The number of rotatable bonds is 4. The lowest BCUT2D eigenvalue weighted by Gasteiger charge is -2.20. The van der Waals surface area contributed by atoms with Crippen LogP contribution in [0.15, 0.2) is 18.2 Å². The first-order valence-electron chi connectivity index (χ1n) is 6.33. The predicted molar refractivity (Wildman–Crippen MR) is 71.8 cm³/mol. The van der Waals surface area contributed by atoms with Crippen molar-refractivity contribution >= 4 is 5.97 Å². The molecule has 100 valence electrons. The van der Waals surface area contributed by atoms with Crippen LogP contribution >= 0.6 is 0 Å². The minimum atomic E-state index is -0.503. The van der Waals surface area contributed by atoms with Gasteiger partial charge in [-0.2, -0.15) is 0 Å². The van der Waals surface area contributed by atoms with Gasteiger partial charge in [-0.25, -0.2) is 4.79 Å². The average molecular weight is 250 g/mol. The van der Waals surface area contributed by atoms with Crippen LogP contribution in [0, 0.1) is 0 Å². The number of ether oxygens (including phenoxy) is 1. The maximum Gasteiger partial charge on any atom is 0.338 e. The molecule has 0 aliphatic rings. The highest BCUT2D eigenvalue weighted by Gasteiger charge is 2.20. The third-order valence-electron chi connectivity index (χ3n) is 2.58. The number of aliphatic hydroxyl groups excluding tert-OH is 1. The number of carbonyl (C=O) groups is 1. The molecule has 0 aliphatic carbocycles. The van der Waals surface area contributed by atoms with Crippen molar-refractivity contribution in [1.29, 1.82) is 0 Å². The van der Waals surface area contributed by atoms with Gasteiger partial charge in [-0.05, 0) is 50.8 Å². The smallest absolute Gasteiger partial charge is 0.338 e.